The number of benzene rings is 2. The van der Waals surface area contributed by atoms with Crippen LogP contribution in [0.4, 0.5) is 0 Å². The normalized spacial score (nSPS) is 15.9. The van der Waals surface area contributed by atoms with Gasteiger partial charge in [-0.2, -0.15) is 4.31 Å². The fraction of sp³-hybridized carbons (Fsp3) is 0.316. The molecule has 0 bridgehead atoms. The standard InChI is InChI=1S/C19H21NO4S/c1-14-13-16(19(21)22)7-10-18(14)15-5-8-17(9-6-15)25(23,24)20-11-3-2-4-12-20/h5-10,13H,2-4,11-12H2,1H3,(H,21,22). The third-order valence-corrected chi connectivity index (χ3v) is 6.50. The molecule has 0 atom stereocenters. The van der Waals surface area contributed by atoms with Crippen molar-refractivity contribution < 1.29 is 18.3 Å². The van der Waals surface area contributed by atoms with Gasteiger partial charge in [-0.15, -0.1) is 0 Å². The van der Waals surface area contributed by atoms with Gasteiger partial charge in [0.15, 0.2) is 0 Å². The van der Waals surface area contributed by atoms with E-state index in [1.807, 2.05) is 6.92 Å². The number of carboxylic acids is 1. The smallest absolute Gasteiger partial charge is 0.335 e. The zero-order chi connectivity index (χ0) is 18.0. The number of carboxylic acid groups (broad SMARTS) is 1. The quantitative estimate of drug-likeness (QED) is 0.906. The van der Waals surface area contributed by atoms with Crippen LogP contribution in [-0.4, -0.2) is 36.9 Å². The third-order valence-electron chi connectivity index (χ3n) is 4.59. The summed E-state index contributed by atoms with van der Waals surface area (Å²) in [6, 6.07) is 11.7. The average molecular weight is 359 g/mol. The van der Waals surface area contributed by atoms with Crippen LogP contribution in [0, 0.1) is 6.92 Å². The predicted octanol–water partition coefficient (Wildman–Crippen LogP) is 3.53. The van der Waals surface area contributed by atoms with Crippen LogP contribution in [-0.2, 0) is 10.0 Å². The van der Waals surface area contributed by atoms with Crippen molar-refractivity contribution >= 4 is 16.0 Å². The van der Waals surface area contributed by atoms with E-state index in [9.17, 15) is 13.2 Å². The minimum Gasteiger partial charge on any atom is -0.478 e. The summed E-state index contributed by atoms with van der Waals surface area (Å²) in [5, 5.41) is 9.05. The molecule has 0 aliphatic carbocycles. The molecule has 1 aliphatic rings. The van der Waals surface area contributed by atoms with Crippen LogP contribution < -0.4 is 0 Å². The number of hydrogen-bond acceptors (Lipinski definition) is 3. The highest BCUT2D eigenvalue weighted by atomic mass is 32.2. The summed E-state index contributed by atoms with van der Waals surface area (Å²) in [5.74, 6) is -0.961. The van der Waals surface area contributed by atoms with Crippen molar-refractivity contribution in [1.82, 2.24) is 4.31 Å². The molecule has 0 aromatic heterocycles. The molecule has 1 aliphatic heterocycles. The highest BCUT2D eigenvalue weighted by Crippen LogP contribution is 2.27. The second-order valence-electron chi connectivity index (χ2n) is 6.32. The Morgan fingerprint density at radius 3 is 2.20 bits per heavy atom. The van der Waals surface area contributed by atoms with Crippen molar-refractivity contribution in [2.24, 2.45) is 0 Å². The van der Waals surface area contributed by atoms with Crippen molar-refractivity contribution in [3.63, 3.8) is 0 Å². The molecule has 0 spiro atoms. The second kappa shape index (κ2) is 6.98. The van der Waals surface area contributed by atoms with Gasteiger partial charge in [-0.3, -0.25) is 0 Å². The highest BCUT2D eigenvalue weighted by molar-refractivity contribution is 7.89. The van der Waals surface area contributed by atoms with Gasteiger partial charge >= 0.3 is 5.97 Å². The average Bonchev–Trinajstić information content (AvgIpc) is 2.62. The maximum atomic E-state index is 12.7. The Bertz CT molecular complexity index is 882. The Labute approximate surface area is 148 Å². The molecular formula is C19H21NO4S. The molecule has 2 aromatic rings. The summed E-state index contributed by atoms with van der Waals surface area (Å²) in [6.07, 6.45) is 2.90. The molecule has 2 aromatic carbocycles. The van der Waals surface area contributed by atoms with Crippen LogP contribution in [0.3, 0.4) is 0 Å². The lowest BCUT2D eigenvalue weighted by molar-refractivity contribution is 0.0697. The molecule has 0 saturated carbocycles. The first-order valence-electron chi connectivity index (χ1n) is 8.34. The van der Waals surface area contributed by atoms with Gasteiger partial charge in [0.25, 0.3) is 0 Å². The lowest BCUT2D eigenvalue weighted by atomic mass is 9.98. The van der Waals surface area contributed by atoms with Gasteiger partial charge in [-0.1, -0.05) is 24.6 Å². The summed E-state index contributed by atoms with van der Waals surface area (Å²) in [5.41, 5.74) is 2.84. The third kappa shape index (κ3) is 3.60. The van der Waals surface area contributed by atoms with Crippen LogP contribution in [0.25, 0.3) is 11.1 Å². The van der Waals surface area contributed by atoms with E-state index in [-0.39, 0.29) is 5.56 Å². The Morgan fingerprint density at radius 1 is 1.00 bits per heavy atom. The van der Waals surface area contributed by atoms with Crippen molar-refractivity contribution in [2.75, 3.05) is 13.1 Å². The number of nitrogens with zero attached hydrogens (tertiary/aromatic N) is 1. The fourth-order valence-electron chi connectivity index (χ4n) is 3.18. The Balaban J connectivity index is 1.89. The Kier molecular flexibility index (Phi) is 4.92. The number of aromatic carboxylic acids is 1. The Hall–Kier alpha value is -2.18. The number of aryl methyl sites for hydroxylation is 1. The number of hydrogen-bond donors (Lipinski definition) is 1. The van der Waals surface area contributed by atoms with Gasteiger partial charge in [-0.05, 0) is 60.7 Å². The maximum Gasteiger partial charge on any atom is 0.335 e. The zero-order valence-electron chi connectivity index (χ0n) is 14.1. The van der Waals surface area contributed by atoms with E-state index in [0.29, 0.717) is 18.0 Å². The summed E-state index contributed by atoms with van der Waals surface area (Å²) in [6.45, 7) is 3.01. The molecule has 132 valence electrons. The topological polar surface area (TPSA) is 74.7 Å². The van der Waals surface area contributed by atoms with Crippen LogP contribution in [0.1, 0.15) is 35.2 Å². The lowest BCUT2D eigenvalue weighted by Crippen LogP contribution is -2.35. The van der Waals surface area contributed by atoms with E-state index >= 15 is 0 Å². The van der Waals surface area contributed by atoms with E-state index in [1.165, 1.54) is 0 Å². The highest BCUT2D eigenvalue weighted by Gasteiger charge is 2.25. The summed E-state index contributed by atoms with van der Waals surface area (Å²) in [4.78, 5) is 11.3. The van der Waals surface area contributed by atoms with Gasteiger partial charge in [-0.25, -0.2) is 13.2 Å². The Morgan fingerprint density at radius 2 is 1.64 bits per heavy atom. The molecule has 0 unspecified atom stereocenters. The number of rotatable bonds is 4. The van der Waals surface area contributed by atoms with Crippen LogP contribution >= 0.6 is 0 Å². The molecule has 3 rings (SSSR count). The maximum absolute atomic E-state index is 12.7. The number of piperidine rings is 1. The first-order chi connectivity index (χ1) is 11.9. The SMILES string of the molecule is Cc1cc(C(=O)O)ccc1-c1ccc(S(=O)(=O)N2CCCCC2)cc1. The lowest BCUT2D eigenvalue weighted by Gasteiger charge is -2.25. The molecule has 5 nitrogen and oxygen atoms in total. The number of carbonyl (C=O) groups is 1. The second-order valence-corrected chi connectivity index (χ2v) is 8.26. The van der Waals surface area contributed by atoms with Crippen molar-refractivity contribution in [3.8, 4) is 11.1 Å². The molecule has 6 heteroatoms. The fourth-order valence-corrected chi connectivity index (χ4v) is 4.70. The summed E-state index contributed by atoms with van der Waals surface area (Å²) < 4.78 is 26.9. The van der Waals surface area contributed by atoms with Crippen molar-refractivity contribution in [3.05, 3.63) is 53.6 Å². The van der Waals surface area contributed by atoms with E-state index in [4.69, 9.17) is 5.11 Å². The van der Waals surface area contributed by atoms with Gasteiger partial charge in [0.1, 0.15) is 0 Å². The number of sulfonamides is 1. The molecule has 1 fully saturated rings. The largest absolute Gasteiger partial charge is 0.478 e. The van der Waals surface area contributed by atoms with Gasteiger partial charge < -0.3 is 5.11 Å². The minimum absolute atomic E-state index is 0.241. The summed E-state index contributed by atoms with van der Waals surface area (Å²) in [7, 11) is -3.43. The predicted molar refractivity (Wildman–Crippen MR) is 96.2 cm³/mol. The zero-order valence-corrected chi connectivity index (χ0v) is 14.9. The van der Waals surface area contributed by atoms with Crippen molar-refractivity contribution in [2.45, 2.75) is 31.1 Å². The first kappa shape index (κ1) is 17.6. The molecule has 1 saturated heterocycles. The van der Waals surface area contributed by atoms with Crippen LogP contribution in [0.15, 0.2) is 47.4 Å². The van der Waals surface area contributed by atoms with E-state index < -0.39 is 16.0 Å². The summed E-state index contributed by atoms with van der Waals surface area (Å²) >= 11 is 0. The van der Waals surface area contributed by atoms with E-state index in [1.54, 1.807) is 46.8 Å². The van der Waals surface area contributed by atoms with Gasteiger partial charge in [0, 0.05) is 13.1 Å². The monoisotopic (exact) mass is 359 g/mol. The molecule has 1 heterocycles. The molecule has 0 radical (unpaired) electrons. The minimum atomic E-state index is -3.43. The van der Waals surface area contributed by atoms with Gasteiger partial charge in [0.2, 0.25) is 10.0 Å². The van der Waals surface area contributed by atoms with Crippen LogP contribution in [0.5, 0.6) is 0 Å². The van der Waals surface area contributed by atoms with E-state index in [2.05, 4.69) is 0 Å². The first-order valence-corrected chi connectivity index (χ1v) is 9.78. The molecule has 25 heavy (non-hydrogen) atoms. The van der Waals surface area contributed by atoms with E-state index in [0.717, 1.165) is 36.0 Å². The van der Waals surface area contributed by atoms with Gasteiger partial charge in [0.05, 0.1) is 10.5 Å². The molecule has 0 amide bonds. The van der Waals surface area contributed by atoms with Crippen molar-refractivity contribution in [1.29, 1.82) is 0 Å². The van der Waals surface area contributed by atoms with Crippen LogP contribution in [0.2, 0.25) is 0 Å². The molecule has 1 N–H and O–H groups in total. The molecular weight excluding hydrogens is 338 g/mol.